The molecule has 1 aliphatic rings. The smallest absolute Gasteiger partial charge is 0.247 e. The number of piperazine rings is 1. The number of aryl methyl sites for hydroxylation is 1. The first kappa shape index (κ1) is 24.9. The Kier molecular flexibility index (Phi) is 7.92. The van der Waals surface area contributed by atoms with Crippen LogP contribution in [0.4, 0.5) is 22.9 Å². The fourth-order valence-corrected chi connectivity index (χ4v) is 3.88. The quantitative estimate of drug-likeness (QED) is 0.342. The van der Waals surface area contributed by atoms with Crippen molar-refractivity contribution >= 4 is 35.1 Å². The van der Waals surface area contributed by atoms with Crippen molar-refractivity contribution in [1.29, 1.82) is 0 Å². The van der Waals surface area contributed by atoms with Crippen molar-refractivity contribution in [1.82, 2.24) is 14.9 Å². The summed E-state index contributed by atoms with van der Waals surface area (Å²) >= 11 is 0. The van der Waals surface area contributed by atoms with E-state index in [1.807, 2.05) is 25.1 Å². The maximum atomic E-state index is 11.8. The third-order valence-corrected chi connectivity index (χ3v) is 5.88. The Balaban J connectivity index is 1.59. The number of carbonyl (C=O) groups excluding carboxylic acids is 2. The summed E-state index contributed by atoms with van der Waals surface area (Å²) in [5.41, 5.74) is 3.22. The fraction of sp³-hybridized carbons (Fsp3) is 0.259. The summed E-state index contributed by atoms with van der Waals surface area (Å²) in [7, 11) is 2.13. The van der Waals surface area contributed by atoms with Gasteiger partial charge in [-0.15, -0.1) is 0 Å². The van der Waals surface area contributed by atoms with Gasteiger partial charge in [-0.3, -0.25) is 9.59 Å². The van der Waals surface area contributed by atoms with Gasteiger partial charge in [0.2, 0.25) is 11.8 Å². The zero-order chi connectivity index (χ0) is 25.5. The second-order valence-corrected chi connectivity index (χ2v) is 8.47. The van der Waals surface area contributed by atoms with Gasteiger partial charge in [0.25, 0.3) is 0 Å². The lowest BCUT2D eigenvalue weighted by molar-refractivity contribution is -0.111. The lowest BCUT2D eigenvalue weighted by atomic mass is 10.2. The number of rotatable bonds is 9. The molecule has 1 aliphatic heterocycles. The van der Waals surface area contributed by atoms with Crippen LogP contribution in [0.25, 0.3) is 0 Å². The number of likely N-dealkylation sites (N-methyl/N-ethyl adjacent to an activating group) is 1. The van der Waals surface area contributed by atoms with Gasteiger partial charge in [0.05, 0.1) is 0 Å². The summed E-state index contributed by atoms with van der Waals surface area (Å²) in [5.74, 6) is 0.751. The van der Waals surface area contributed by atoms with E-state index in [-0.39, 0.29) is 17.5 Å². The first-order valence-electron chi connectivity index (χ1n) is 11.9. The van der Waals surface area contributed by atoms with Gasteiger partial charge in [-0.1, -0.05) is 25.6 Å². The first-order valence-corrected chi connectivity index (χ1v) is 11.9. The molecule has 1 fully saturated rings. The zero-order valence-electron chi connectivity index (χ0n) is 20.5. The van der Waals surface area contributed by atoms with Crippen LogP contribution >= 0.6 is 0 Å². The number of carbonyl (C=O) groups is 2. The van der Waals surface area contributed by atoms with Gasteiger partial charge in [-0.05, 0) is 49.9 Å². The van der Waals surface area contributed by atoms with Gasteiger partial charge in [-0.2, -0.15) is 4.98 Å². The molecule has 9 heteroatoms. The minimum absolute atomic E-state index is 0.205. The second kappa shape index (κ2) is 11.5. The van der Waals surface area contributed by atoms with E-state index in [1.165, 1.54) is 6.08 Å². The lowest BCUT2D eigenvalue weighted by Crippen LogP contribution is -2.44. The zero-order valence-corrected chi connectivity index (χ0v) is 20.5. The number of hydrogen-bond donors (Lipinski definition) is 2. The number of aldehydes is 1. The number of nitrogens with zero attached hydrogens (tertiary/aromatic N) is 4. The van der Waals surface area contributed by atoms with Crippen LogP contribution < -0.4 is 20.3 Å². The van der Waals surface area contributed by atoms with Crippen LogP contribution in [0, 0.1) is 0 Å². The molecule has 0 saturated carbocycles. The van der Waals surface area contributed by atoms with Crippen LogP contribution in [-0.2, 0) is 11.2 Å². The Morgan fingerprint density at radius 2 is 1.83 bits per heavy atom. The predicted octanol–water partition coefficient (Wildman–Crippen LogP) is 4.26. The van der Waals surface area contributed by atoms with Crippen LogP contribution in [0.3, 0.4) is 0 Å². The molecule has 1 amide bonds. The maximum Gasteiger partial charge on any atom is 0.247 e. The normalized spacial score (nSPS) is 13.7. The Bertz CT molecular complexity index is 1250. The number of benzene rings is 2. The highest BCUT2D eigenvalue weighted by Crippen LogP contribution is 2.29. The number of amides is 1. The van der Waals surface area contributed by atoms with Crippen LogP contribution in [0.1, 0.15) is 23.1 Å². The molecule has 186 valence electrons. The van der Waals surface area contributed by atoms with Crippen molar-refractivity contribution in [2.45, 2.75) is 13.3 Å². The largest absolute Gasteiger partial charge is 0.437 e. The molecule has 0 aliphatic carbocycles. The van der Waals surface area contributed by atoms with E-state index < -0.39 is 0 Å². The second-order valence-electron chi connectivity index (χ2n) is 8.47. The molecule has 1 aromatic heterocycles. The number of hydrogen-bond acceptors (Lipinski definition) is 8. The van der Waals surface area contributed by atoms with Crippen molar-refractivity contribution in [3.8, 4) is 11.6 Å². The summed E-state index contributed by atoms with van der Waals surface area (Å²) in [6.45, 7) is 9.31. The van der Waals surface area contributed by atoms with Gasteiger partial charge in [-0.25, -0.2) is 4.98 Å². The van der Waals surface area contributed by atoms with Crippen LogP contribution in [0.15, 0.2) is 61.2 Å². The summed E-state index contributed by atoms with van der Waals surface area (Å²) in [6, 6.07) is 15.0. The Labute approximate surface area is 210 Å². The molecule has 9 nitrogen and oxygen atoms in total. The molecule has 0 spiro atoms. The molecule has 36 heavy (non-hydrogen) atoms. The van der Waals surface area contributed by atoms with Crippen molar-refractivity contribution in [2.24, 2.45) is 0 Å². The van der Waals surface area contributed by atoms with Gasteiger partial charge in [0.15, 0.2) is 12.1 Å². The minimum atomic E-state index is -0.318. The van der Waals surface area contributed by atoms with Crippen molar-refractivity contribution in [3.63, 3.8) is 0 Å². The Morgan fingerprint density at radius 1 is 1.08 bits per heavy atom. The minimum Gasteiger partial charge on any atom is -0.437 e. The third kappa shape index (κ3) is 6.05. The highest BCUT2D eigenvalue weighted by atomic mass is 16.5. The van der Waals surface area contributed by atoms with Crippen LogP contribution in [0.2, 0.25) is 0 Å². The van der Waals surface area contributed by atoms with E-state index in [2.05, 4.69) is 50.1 Å². The molecule has 0 atom stereocenters. The van der Waals surface area contributed by atoms with Gasteiger partial charge < -0.3 is 25.2 Å². The van der Waals surface area contributed by atoms with E-state index in [1.54, 1.807) is 24.3 Å². The average molecular weight is 487 g/mol. The summed E-state index contributed by atoms with van der Waals surface area (Å²) < 4.78 is 6.04. The summed E-state index contributed by atoms with van der Waals surface area (Å²) in [5, 5.41) is 5.95. The van der Waals surface area contributed by atoms with Crippen molar-refractivity contribution < 1.29 is 14.3 Å². The van der Waals surface area contributed by atoms with Crippen LogP contribution in [-0.4, -0.2) is 60.3 Å². The average Bonchev–Trinajstić information content (AvgIpc) is 2.89. The Hall–Kier alpha value is -4.24. The number of ether oxygens (including phenoxy) is 1. The van der Waals surface area contributed by atoms with Gasteiger partial charge in [0, 0.05) is 49.3 Å². The number of anilines is 4. The van der Waals surface area contributed by atoms with E-state index in [0.29, 0.717) is 35.7 Å². The van der Waals surface area contributed by atoms with Crippen molar-refractivity contribution in [3.05, 3.63) is 72.6 Å². The predicted molar refractivity (Wildman–Crippen MR) is 142 cm³/mol. The molecule has 1 saturated heterocycles. The monoisotopic (exact) mass is 486 g/mol. The van der Waals surface area contributed by atoms with Gasteiger partial charge in [0.1, 0.15) is 17.1 Å². The molecule has 0 bridgehead atoms. The standard InChI is InChI=1S/C27H30N6O3/c1-4-23-27(36-22-11-7-9-20(17-22)28-25(35)5-2)31-26(24(18-34)30-23)29-19-8-6-10-21(16-19)33-14-12-32(3)13-15-33/h5-11,16-18H,2,4,12-15H2,1,3H3,(H,28,35)(H,29,31). The lowest BCUT2D eigenvalue weighted by Gasteiger charge is -2.34. The molecule has 0 radical (unpaired) electrons. The summed E-state index contributed by atoms with van der Waals surface area (Å²) in [6.07, 6.45) is 2.41. The third-order valence-electron chi connectivity index (χ3n) is 5.88. The molecule has 2 heterocycles. The maximum absolute atomic E-state index is 11.8. The number of nitrogens with one attached hydrogen (secondary N) is 2. The SMILES string of the molecule is C=CC(=O)Nc1cccc(Oc2nc(Nc3cccc(N4CCN(C)CC4)c3)c(C=O)nc2CC)c1. The van der Waals surface area contributed by atoms with Crippen LogP contribution in [0.5, 0.6) is 11.6 Å². The fourth-order valence-electron chi connectivity index (χ4n) is 3.88. The molecule has 3 aromatic rings. The molecule has 0 unspecified atom stereocenters. The van der Waals surface area contributed by atoms with E-state index >= 15 is 0 Å². The number of aromatic nitrogens is 2. The van der Waals surface area contributed by atoms with Crippen molar-refractivity contribution in [2.75, 3.05) is 48.8 Å². The molecule has 2 aromatic carbocycles. The first-order chi connectivity index (χ1) is 17.5. The Morgan fingerprint density at radius 3 is 2.56 bits per heavy atom. The van der Waals surface area contributed by atoms with E-state index in [0.717, 1.165) is 37.6 Å². The molecule has 4 rings (SSSR count). The molecular formula is C27H30N6O3. The molecular weight excluding hydrogens is 456 g/mol. The highest BCUT2D eigenvalue weighted by Gasteiger charge is 2.17. The van der Waals surface area contributed by atoms with E-state index in [4.69, 9.17) is 4.74 Å². The topological polar surface area (TPSA) is 99.7 Å². The highest BCUT2D eigenvalue weighted by molar-refractivity contribution is 5.98. The molecule has 2 N–H and O–H groups in total. The van der Waals surface area contributed by atoms with E-state index in [9.17, 15) is 9.59 Å². The van der Waals surface area contributed by atoms with Gasteiger partial charge >= 0.3 is 0 Å². The summed E-state index contributed by atoms with van der Waals surface area (Å²) in [4.78, 5) is 37.2.